The highest BCUT2D eigenvalue weighted by Crippen LogP contribution is 2.26. The van der Waals surface area contributed by atoms with Crippen LogP contribution in [0.3, 0.4) is 0 Å². The quantitative estimate of drug-likeness (QED) is 0.870. The molecule has 1 aliphatic heterocycles. The van der Waals surface area contributed by atoms with Crippen molar-refractivity contribution in [2.45, 2.75) is 32.2 Å². The molecule has 0 aliphatic carbocycles. The van der Waals surface area contributed by atoms with Gasteiger partial charge in [0.2, 0.25) is 0 Å². The second kappa shape index (κ2) is 6.49. The number of nitrogens with zero attached hydrogens (tertiary/aromatic N) is 1. The largest absolute Gasteiger partial charge is 0.331 e. The molecule has 1 saturated heterocycles. The molecule has 3 nitrogen and oxygen atoms in total. The molecule has 0 saturated carbocycles. The van der Waals surface area contributed by atoms with Crippen LogP contribution in [0.1, 0.15) is 37.8 Å². The minimum Gasteiger partial charge on any atom is -0.331 e. The van der Waals surface area contributed by atoms with Gasteiger partial charge in [-0.05, 0) is 43.9 Å². The highest BCUT2D eigenvalue weighted by Gasteiger charge is 2.19. The SMILES string of the molecule is CC(NC(=O)N1CCCCC1)c1ccc(Cl)cc1Cl. The van der Waals surface area contributed by atoms with E-state index in [4.69, 9.17) is 23.2 Å². The molecule has 1 heterocycles. The lowest BCUT2D eigenvalue weighted by Crippen LogP contribution is -2.43. The minimum atomic E-state index is -0.126. The first-order valence-corrected chi connectivity index (χ1v) is 7.34. The van der Waals surface area contributed by atoms with Gasteiger partial charge < -0.3 is 10.2 Å². The molecule has 1 aromatic rings. The lowest BCUT2D eigenvalue weighted by atomic mass is 10.1. The summed E-state index contributed by atoms with van der Waals surface area (Å²) in [5.74, 6) is 0. The summed E-state index contributed by atoms with van der Waals surface area (Å²) in [6, 6.07) is 5.19. The Balaban J connectivity index is 1.99. The molecule has 2 amide bonds. The fourth-order valence-corrected chi connectivity index (χ4v) is 2.88. The summed E-state index contributed by atoms with van der Waals surface area (Å²) in [6.07, 6.45) is 3.38. The highest BCUT2D eigenvalue weighted by atomic mass is 35.5. The van der Waals surface area contributed by atoms with Crippen molar-refractivity contribution < 1.29 is 4.79 Å². The number of halogens is 2. The second-order valence-corrected chi connectivity index (χ2v) is 5.73. The Morgan fingerprint density at radius 2 is 1.95 bits per heavy atom. The molecule has 1 fully saturated rings. The molecule has 0 bridgehead atoms. The van der Waals surface area contributed by atoms with Crippen molar-refractivity contribution >= 4 is 29.2 Å². The fraction of sp³-hybridized carbons (Fsp3) is 0.500. The van der Waals surface area contributed by atoms with Crippen LogP contribution in [0.15, 0.2) is 18.2 Å². The average molecular weight is 301 g/mol. The molecule has 1 atom stereocenters. The zero-order valence-corrected chi connectivity index (χ0v) is 12.5. The minimum absolute atomic E-state index is 0.0155. The number of piperidine rings is 1. The summed E-state index contributed by atoms with van der Waals surface area (Å²) >= 11 is 12.0. The van der Waals surface area contributed by atoms with Gasteiger partial charge >= 0.3 is 6.03 Å². The van der Waals surface area contributed by atoms with Crippen LogP contribution in [0, 0.1) is 0 Å². The van der Waals surface area contributed by atoms with Gasteiger partial charge in [-0.25, -0.2) is 4.79 Å². The standard InChI is InChI=1S/C14H18Cl2N2O/c1-10(12-6-5-11(15)9-13(12)16)17-14(19)18-7-3-2-4-8-18/h5-6,9-10H,2-4,7-8H2,1H3,(H,17,19). The summed E-state index contributed by atoms with van der Waals surface area (Å²) < 4.78 is 0. The molecule has 5 heteroatoms. The third-order valence-corrected chi connectivity index (χ3v) is 3.97. The molecular weight excluding hydrogens is 283 g/mol. The fourth-order valence-electron chi connectivity index (χ4n) is 2.30. The van der Waals surface area contributed by atoms with Crippen molar-refractivity contribution in [2.24, 2.45) is 0 Å². The molecule has 104 valence electrons. The first-order valence-electron chi connectivity index (χ1n) is 6.58. The Labute approximate surface area is 123 Å². The van der Waals surface area contributed by atoms with E-state index in [9.17, 15) is 4.79 Å². The van der Waals surface area contributed by atoms with Crippen molar-refractivity contribution in [1.82, 2.24) is 10.2 Å². The first kappa shape index (κ1) is 14.5. The van der Waals surface area contributed by atoms with Crippen LogP contribution in [0.2, 0.25) is 10.0 Å². The molecule has 2 rings (SSSR count). The Bertz CT molecular complexity index is 459. The maximum atomic E-state index is 12.1. The first-order chi connectivity index (χ1) is 9.08. The van der Waals surface area contributed by atoms with Crippen molar-refractivity contribution in [3.8, 4) is 0 Å². The number of carbonyl (C=O) groups is 1. The average Bonchev–Trinajstić information content (AvgIpc) is 2.39. The van der Waals surface area contributed by atoms with Gasteiger partial charge in [0.1, 0.15) is 0 Å². The highest BCUT2D eigenvalue weighted by molar-refractivity contribution is 6.35. The third kappa shape index (κ3) is 3.77. The van der Waals surface area contributed by atoms with E-state index in [1.165, 1.54) is 6.42 Å². The van der Waals surface area contributed by atoms with Crippen molar-refractivity contribution in [2.75, 3.05) is 13.1 Å². The number of amides is 2. The van der Waals surface area contributed by atoms with Gasteiger partial charge in [-0.2, -0.15) is 0 Å². The summed E-state index contributed by atoms with van der Waals surface area (Å²) in [5, 5.41) is 4.17. The van der Waals surface area contributed by atoms with E-state index in [-0.39, 0.29) is 12.1 Å². The Hall–Kier alpha value is -0.930. The Morgan fingerprint density at radius 3 is 2.58 bits per heavy atom. The lowest BCUT2D eigenvalue weighted by molar-refractivity contribution is 0.183. The van der Waals surface area contributed by atoms with Crippen LogP contribution in [-0.4, -0.2) is 24.0 Å². The van der Waals surface area contributed by atoms with Crippen LogP contribution in [0.25, 0.3) is 0 Å². The van der Waals surface area contributed by atoms with Crippen LogP contribution < -0.4 is 5.32 Å². The molecule has 1 unspecified atom stereocenters. The Kier molecular flexibility index (Phi) is 4.94. The number of hydrogen-bond acceptors (Lipinski definition) is 1. The van der Waals surface area contributed by atoms with Crippen LogP contribution in [-0.2, 0) is 0 Å². The Morgan fingerprint density at radius 1 is 1.26 bits per heavy atom. The molecule has 1 N–H and O–H groups in total. The normalized spacial score (nSPS) is 17.1. The van der Waals surface area contributed by atoms with Crippen LogP contribution >= 0.6 is 23.2 Å². The smallest absolute Gasteiger partial charge is 0.317 e. The zero-order chi connectivity index (χ0) is 13.8. The molecule has 0 radical (unpaired) electrons. The van der Waals surface area contributed by atoms with E-state index in [2.05, 4.69) is 5.32 Å². The van der Waals surface area contributed by atoms with E-state index in [1.807, 2.05) is 17.9 Å². The van der Waals surface area contributed by atoms with Crippen molar-refractivity contribution in [1.29, 1.82) is 0 Å². The zero-order valence-electron chi connectivity index (χ0n) is 11.0. The summed E-state index contributed by atoms with van der Waals surface area (Å²) in [6.45, 7) is 3.61. The number of rotatable bonds is 2. The van der Waals surface area contributed by atoms with Gasteiger partial charge in [-0.3, -0.25) is 0 Å². The van der Waals surface area contributed by atoms with Gasteiger partial charge in [0.15, 0.2) is 0 Å². The van der Waals surface area contributed by atoms with E-state index in [0.29, 0.717) is 10.0 Å². The molecule has 0 spiro atoms. The topological polar surface area (TPSA) is 32.3 Å². The number of urea groups is 1. The maximum Gasteiger partial charge on any atom is 0.317 e. The van der Waals surface area contributed by atoms with E-state index in [0.717, 1.165) is 31.5 Å². The second-order valence-electron chi connectivity index (χ2n) is 4.88. The number of likely N-dealkylation sites (tertiary alicyclic amines) is 1. The summed E-state index contributed by atoms with van der Waals surface area (Å²) in [7, 11) is 0. The van der Waals surface area contributed by atoms with E-state index < -0.39 is 0 Å². The predicted molar refractivity (Wildman–Crippen MR) is 78.8 cm³/mol. The van der Waals surface area contributed by atoms with Crippen molar-refractivity contribution in [3.63, 3.8) is 0 Å². The van der Waals surface area contributed by atoms with Gasteiger partial charge in [-0.1, -0.05) is 29.3 Å². The maximum absolute atomic E-state index is 12.1. The molecule has 0 aromatic heterocycles. The summed E-state index contributed by atoms with van der Waals surface area (Å²) in [4.78, 5) is 14.0. The molecule has 1 aromatic carbocycles. The number of nitrogens with one attached hydrogen (secondary N) is 1. The number of hydrogen-bond donors (Lipinski definition) is 1. The molecule has 1 aliphatic rings. The van der Waals surface area contributed by atoms with Crippen molar-refractivity contribution in [3.05, 3.63) is 33.8 Å². The molecular formula is C14H18Cl2N2O. The number of benzene rings is 1. The lowest BCUT2D eigenvalue weighted by Gasteiger charge is -2.28. The monoisotopic (exact) mass is 300 g/mol. The van der Waals surface area contributed by atoms with Gasteiger partial charge in [-0.15, -0.1) is 0 Å². The third-order valence-electron chi connectivity index (χ3n) is 3.41. The summed E-state index contributed by atoms with van der Waals surface area (Å²) in [5.41, 5.74) is 0.886. The van der Waals surface area contributed by atoms with Gasteiger partial charge in [0, 0.05) is 23.1 Å². The van der Waals surface area contributed by atoms with E-state index in [1.54, 1.807) is 12.1 Å². The van der Waals surface area contributed by atoms with Crippen LogP contribution in [0.5, 0.6) is 0 Å². The van der Waals surface area contributed by atoms with E-state index >= 15 is 0 Å². The van der Waals surface area contributed by atoms with Gasteiger partial charge in [0.25, 0.3) is 0 Å². The molecule has 19 heavy (non-hydrogen) atoms. The number of carbonyl (C=O) groups excluding carboxylic acids is 1. The predicted octanol–water partition coefficient (Wildman–Crippen LogP) is 4.25. The van der Waals surface area contributed by atoms with Crippen LogP contribution in [0.4, 0.5) is 4.79 Å². The van der Waals surface area contributed by atoms with Gasteiger partial charge in [0.05, 0.1) is 6.04 Å².